The molecule has 2 N–H and O–H groups in total. The molecule has 6 heteroatoms. The highest BCUT2D eigenvalue weighted by molar-refractivity contribution is 5.80. The number of rotatable bonds is 4. The topological polar surface area (TPSA) is 86.0 Å². The molecule has 3 aliphatic rings. The summed E-state index contributed by atoms with van der Waals surface area (Å²) in [6.07, 6.45) is 8.14. The Morgan fingerprint density at radius 1 is 1.04 bits per heavy atom. The zero-order chi connectivity index (χ0) is 16.7. The molecule has 0 bridgehead atoms. The van der Waals surface area contributed by atoms with Gasteiger partial charge in [-0.05, 0) is 43.9 Å². The Balaban J connectivity index is 1.47. The highest BCUT2D eigenvalue weighted by Crippen LogP contribution is 2.45. The number of hydrogen-bond donors (Lipinski definition) is 2. The van der Waals surface area contributed by atoms with Gasteiger partial charge in [-0.2, -0.15) is 0 Å². The molecule has 2 saturated carbocycles. The van der Waals surface area contributed by atoms with Crippen molar-refractivity contribution < 1.29 is 4.79 Å². The molecule has 1 aromatic heterocycles. The van der Waals surface area contributed by atoms with E-state index in [9.17, 15) is 14.4 Å². The van der Waals surface area contributed by atoms with Crippen LogP contribution in [-0.4, -0.2) is 33.9 Å². The van der Waals surface area contributed by atoms with Crippen LogP contribution in [0.15, 0.2) is 15.7 Å². The van der Waals surface area contributed by atoms with E-state index in [1.54, 1.807) is 0 Å². The molecule has 0 aromatic carbocycles. The number of carbonyl (C=O) groups excluding carboxylic acids is 1. The van der Waals surface area contributed by atoms with Gasteiger partial charge in [0.05, 0.1) is 0 Å². The lowest BCUT2D eigenvalue weighted by molar-refractivity contribution is -0.141. The summed E-state index contributed by atoms with van der Waals surface area (Å²) in [6.45, 7) is 1.35. The van der Waals surface area contributed by atoms with Gasteiger partial charge in [-0.25, -0.2) is 4.79 Å². The quantitative estimate of drug-likeness (QED) is 0.878. The SMILES string of the molecule is O=C(C(C1CCC1)C1CCC1)N1CCC(c2cc(=O)[nH]c(=O)[nH]2)C1. The number of likely N-dealkylation sites (tertiary alicyclic amines) is 1. The van der Waals surface area contributed by atoms with Crippen molar-refractivity contribution in [3.05, 3.63) is 32.6 Å². The molecule has 1 atom stereocenters. The second-order valence-corrected chi connectivity index (χ2v) is 7.72. The minimum absolute atomic E-state index is 0.0624. The van der Waals surface area contributed by atoms with Crippen molar-refractivity contribution in [2.45, 2.75) is 50.9 Å². The van der Waals surface area contributed by atoms with Crippen LogP contribution in [0.25, 0.3) is 0 Å². The largest absolute Gasteiger partial charge is 0.342 e. The van der Waals surface area contributed by atoms with Gasteiger partial charge in [-0.3, -0.25) is 14.6 Å². The Morgan fingerprint density at radius 3 is 2.25 bits per heavy atom. The maximum atomic E-state index is 13.1. The summed E-state index contributed by atoms with van der Waals surface area (Å²) in [5.74, 6) is 1.76. The molecular formula is C18H25N3O3. The molecule has 1 unspecified atom stereocenters. The smallest absolute Gasteiger partial charge is 0.325 e. The minimum Gasteiger partial charge on any atom is -0.342 e. The number of amides is 1. The number of nitrogens with one attached hydrogen (secondary N) is 2. The van der Waals surface area contributed by atoms with E-state index in [1.807, 2.05) is 4.90 Å². The zero-order valence-corrected chi connectivity index (χ0v) is 13.9. The van der Waals surface area contributed by atoms with Gasteiger partial charge in [-0.1, -0.05) is 12.8 Å². The summed E-state index contributed by atoms with van der Waals surface area (Å²) < 4.78 is 0. The Morgan fingerprint density at radius 2 is 1.71 bits per heavy atom. The number of aromatic nitrogens is 2. The van der Waals surface area contributed by atoms with Crippen LogP contribution in [0.4, 0.5) is 0 Å². The van der Waals surface area contributed by atoms with Crippen molar-refractivity contribution in [1.82, 2.24) is 14.9 Å². The molecular weight excluding hydrogens is 306 g/mol. The van der Waals surface area contributed by atoms with E-state index in [2.05, 4.69) is 9.97 Å². The van der Waals surface area contributed by atoms with E-state index in [1.165, 1.54) is 44.6 Å². The zero-order valence-electron chi connectivity index (χ0n) is 13.9. The second-order valence-electron chi connectivity index (χ2n) is 7.72. The maximum Gasteiger partial charge on any atom is 0.325 e. The van der Waals surface area contributed by atoms with Crippen molar-refractivity contribution in [3.63, 3.8) is 0 Å². The average Bonchev–Trinajstić information content (AvgIpc) is 2.90. The van der Waals surface area contributed by atoms with E-state index in [-0.39, 0.29) is 17.4 Å². The van der Waals surface area contributed by atoms with E-state index < -0.39 is 5.69 Å². The van der Waals surface area contributed by atoms with Crippen LogP contribution < -0.4 is 11.2 Å². The molecule has 130 valence electrons. The Bertz CT molecular complexity index is 687. The fourth-order valence-corrected chi connectivity index (χ4v) is 4.52. The Labute approximate surface area is 140 Å². The molecule has 24 heavy (non-hydrogen) atoms. The lowest BCUT2D eigenvalue weighted by Crippen LogP contribution is -2.45. The Kier molecular flexibility index (Phi) is 4.06. The van der Waals surface area contributed by atoms with Crippen LogP contribution >= 0.6 is 0 Å². The van der Waals surface area contributed by atoms with E-state index in [0.29, 0.717) is 30.0 Å². The predicted molar refractivity (Wildman–Crippen MR) is 89.8 cm³/mol. The number of carbonyl (C=O) groups is 1. The van der Waals surface area contributed by atoms with Gasteiger partial charge < -0.3 is 9.88 Å². The molecule has 3 fully saturated rings. The molecule has 2 heterocycles. The summed E-state index contributed by atoms with van der Waals surface area (Å²) in [7, 11) is 0. The van der Waals surface area contributed by atoms with E-state index >= 15 is 0 Å². The lowest BCUT2D eigenvalue weighted by atomic mass is 9.64. The summed E-state index contributed by atoms with van der Waals surface area (Å²) in [4.78, 5) is 43.0. The number of H-pyrrole nitrogens is 2. The Hall–Kier alpha value is -1.85. The van der Waals surface area contributed by atoms with Gasteiger partial charge in [0.2, 0.25) is 5.91 Å². The summed E-state index contributed by atoms with van der Waals surface area (Å²) in [5, 5.41) is 0. The fraction of sp³-hybridized carbons (Fsp3) is 0.722. The van der Waals surface area contributed by atoms with Gasteiger partial charge in [0.15, 0.2) is 0 Å². The van der Waals surface area contributed by atoms with Gasteiger partial charge in [-0.15, -0.1) is 0 Å². The molecule has 1 aromatic rings. The minimum atomic E-state index is -0.468. The highest BCUT2D eigenvalue weighted by atomic mass is 16.2. The molecule has 4 rings (SSSR count). The van der Waals surface area contributed by atoms with Crippen molar-refractivity contribution >= 4 is 5.91 Å². The first-order valence-corrected chi connectivity index (χ1v) is 9.24. The molecule has 1 amide bonds. The number of nitrogens with zero attached hydrogens (tertiary/aromatic N) is 1. The molecule has 1 aliphatic heterocycles. The van der Waals surface area contributed by atoms with Crippen LogP contribution in [0.5, 0.6) is 0 Å². The summed E-state index contributed by atoms with van der Waals surface area (Å²) in [6, 6.07) is 1.45. The van der Waals surface area contributed by atoms with Crippen LogP contribution in [0, 0.1) is 17.8 Å². The molecule has 0 radical (unpaired) electrons. The normalized spacial score (nSPS) is 24.9. The summed E-state index contributed by atoms with van der Waals surface area (Å²) >= 11 is 0. The third-order valence-corrected chi connectivity index (χ3v) is 6.32. The molecule has 2 aliphatic carbocycles. The fourth-order valence-electron chi connectivity index (χ4n) is 4.52. The predicted octanol–water partition coefficient (Wildman–Crippen LogP) is 1.60. The third kappa shape index (κ3) is 2.82. The lowest BCUT2D eigenvalue weighted by Gasteiger charge is -2.43. The van der Waals surface area contributed by atoms with Gasteiger partial charge >= 0.3 is 5.69 Å². The second kappa shape index (κ2) is 6.22. The highest BCUT2D eigenvalue weighted by Gasteiger charge is 2.43. The van der Waals surface area contributed by atoms with Gasteiger partial charge in [0.1, 0.15) is 0 Å². The average molecular weight is 331 g/mol. The molecule has 0 spiro atoms. The first-order chi connectivity index (χ1) is 11.6. The van der Waals surface area contributed by atoms with Crippen molar-refractivity contribution in [1.29, 1.82) is 0 Å². The summed E-state index contributed by atoms with van der Waals surface area (Å²) in [5.41, 5.74) is -0.188. The number of aromatic amines is 2. The van der Waals surface area contributed by atoms with Crippen LogP contribution in [0.2, 0.25) is 0 Å². The van der Waals surface area contributed by atoms with Crippen LogP contribution in [-0.2, 0) is 4.79 Å². The van der Waals surface area contributed by atoms with Gasteiger partial charge in [0, 0.05) is 36.7 Å². The van der Waals surface area contributed by atoms with Gasteiger partial charge in [0.25, 0.3) is 5.56 Å². The van der Waals surface area contributed by atoms with Crippen molar-refractivity contribution in [3.8, 4) is 0 Å². The third-order valence-electron chi connectivity index (χ3n) is 6.32. The van der Waals surface area contributed by atoms with Crippen LogP contribution in [0.1, 0.15) is 56.6 Å². The molecule has 1 saturated heterocycles. The number of hydrogen-bond acceptors (Lipinski definition) is 3. The molecule has 6 nitrogen and oxygen atoms in total. The standard InChI is InChI=1S/C18H25N3O3/c22-15-9-14(19-18(24)20-15)13-7-8-21(10-13)17(23)16(11-3-1-4-11)12-5-2-6-12/h9,11-13,16H,1-8,10H2,(H2,19,20,22,24). The first kappa shape index (κ1) is 15.7. The monoisotopic (exact) mass is 331 g/mol. The first-order valence-electron chi connectivity index (χ1n) is 9.24. The van der Waals surface area contributed by atoms with Crippen LogP contribution in [0.3, 0.4) is 0 Å². The maximum absolute atomic E-state index is 13.1. The van der Waals surface area contributed by atoms with Crippen molar-refractivity contribution in [2.75, 3.05) is 13.1 Å². The van der Waals surface area contributed by atoms with E-state index in [0.717, 1.165) is 13.0 Å². The van der Waals surface area contributed by atoms with Crippen molar-refractivity contribution in [2.24, 2.45) is 17.8 Å². The van der Waals surface area contributed by atoms with E-state index in [4.69, 9.17) is 0 Å².